The molecule has 0 bridgehead atoms. The zero-order valence-corrected chi connectivity index (χ0v) is 5.02. The molecule has 1 aromatic heterocycles. The minimum Gasteiger partial charge on any atom is -0.296 e. The Morgan fingerprint density at radius 1 is 1.00 bits per heavy atom. The Hall–Kier alpha value is -1.58. The van der Waals surface area contributed by atoms with Crippen LogP contribution in [0.1, 0.15) is 21.0 Å². The first-order chi connectivity index (χ1) is 4.86. The zero-order chi connectivity index (χ0) is 7.40. The topological polar surface area (TPSA) is 59.9 Å². The summed E-state index contributed by atoms with van der Waals surface area (Å²) in [7, 11) is 0. The molecule has 0 saturated carbocycles. The molecule has 1 heterocycles. The van der Waals surface area contributed by atoms with Crippen LogP contribution >= 0.6 is 0 Å². The third kappa shape index (κ3) is 1.22. The van der Waals surface area contributed by atoms with Gasteiger partial charge < -0.3 is 0 Å². The summed E-state index contributed by atoms with van der Waals surface area (Å²) in [5.74, 6) is 0. The van der Waals surface area contributed by atoms with Gasteiger partial charge in [-0.1, -0.05) is 0 Å². The summed E-state index contributed by atoms with van der Waals surface area (Å²) in [5.41, 5.74) is 0.455. The maximum atomic E-state index is 10.0. The van der Waals surface area contributed by atoms with E-state index in [0.29, 0.717) is 12.6 Å². The Bertz CT molecular complexity index is 215. The fourth-order valence-electron chi connectivity index (χ4n) is 0.470. The Kier molecular flexibility index (Phi) is 1.84. The van der Waals surface area contributed by atoms with E-state index in [1.807, 2.05) is 0 Å². The quantitative estimate of drug-likeness (QED) is 0.541. The largest absolute Gasteiger partial charge is 0.296 e. The second kappa shape index (κ2) is 2.82. The second-order valence-corrected chi connectivity index (χ2v) is 1.60. The van der Waals surface area contributed by atoms with Crippen LogP contribution in [0.2, 0.25) is 0 Å². The minimum atomic E-state index is 0.227. The van der Waals surface area contributed by atoms with Gasteiger partial charge in [0, 0.05) is 0 Å². The van der Waals surface area contributed by atoms with Crippen LogP contribution in [-0.4, -0.2) is 22.5 Å². The van der Waals surface area contributed by atoms with Crippen molar-refractivity contribution in [2.24, 2.45) is 0 Å². The molecule has 0 atom stereocenters. The highest BCUT2D eigenvalue weighted by molar-refractivity contribution is 5.74. The van der Waals surface area contributed by atoms with E-state index in [-0.39, 0.29) is 11.4 Å². The molecule has 0 unspecified atom stereocenters. The van der Waals surface area contributed by atoms with Crippen LogP contribution in [-0.2, 0) is 0 Å². The minimum absolute atomic E-state index is 0.227. The molecule has 0 aliphatic heterocycles. The van der Waals surface area contributed by atoms with Gasteiger partial charge in [0.15, 0.2) is 12.6 Å². The molecule has 0 fully saturated rings. The van der Waals surface area contributed by atoms with Gasteiger partial charge in [0.25, 0.3) is 0 Å². The van der Waals surface area contributed by atoms with Crippen LogP contribution in [0.5, 0.6) is 0 Å². The van der Waals surface area contributed by atoms with Crippen LogP contribution < -0.4 is 0 Å². The van der Waals surface area contributed by atoms with E-state index in [1.165, 1.54) is 12.4 Å². The average molecular weight is 136 g/mol. The van der Waals surface area contributed by atoms with Gasteiger partial charge >= 0.3 is 0 Å². The molecule has 0 aliphatic rings. The van der Waals surface area contributed by atoms with Crippen molar-refractivity contribution in [1.82, 2.24) is 9.97 Å². The Morgan fingerprint density at radius 3 is 1.60 bits per heavy atom. The lowest BCUT2D eigenvalue weighted by Gasteiger charge is -1.87. The van der Waals surface area contributed by atoms with Gasteiger partial charge in [-0.25, -0.2) is 9.97 Å². The van der Waals surface area contributed by atoms with E-state index in [9.17, 15) is 9.59 Å². The molecule has 4 nitrogen and oxygen atoms in total. The molecular formula is C6H4N2O2. The number of carbonyl (C=O) groups is 2. The molecule has 0 saturated heterocycles. The van der Waals surface area contributed by atoms with Crippen molar-refractivity contribution in [2.45, 2.75) is 0 Å². The first-order valence-corrected chi connectivity index (χ1v) is 2.59. The number of hydrogen-bond acceptors (Lipinski definition) is 4. The summed E-state index contributed by atoms with van der Waals surface area (Å²) >= 11 is 0. The monoisotopic (exact) mass is 136 g/mol. The molecule has 0 N–H and O–H groups in total. The van der Waals surface area contributed by atoms with E-state index in [4.69, 9.17) is 0 Å². The van der Waals surface area contributed by atoms with Crippen molar-refractivity contribution < 1.29 is 9.59 Å². The van der Waals surface area contributed by atoms with E-state index in [1.54, 1.807) is 0 Å². The van der Waals surface area contributed by atoms with Crippen LogP contribution in [0.25, 0.3) is 0 Å². The van der Waals surface area contributed by atoms with Crippen LogP contribution in [0.15, 0.2) is 12.4 Å². The number of aromatic nitrogens is 2. The van der Waals surface area contributed by atoms with E-state index in [0.717, 1.165) is 0 Å². The molecule has 50 valence electrons. The average Bonchev–Trinajstić information content (AvgIpc) is 2.05. The highest BCUT2D eigenvalue weighted by Gasteiger charge is 1.92. The SMILES string of the molecule is O=Cc1cnc(C=O)cn1. The number of nitrogens with zero attached hydrogens (tertiary/aromatic N) is 2. The van der Waals surface area contributed by atoms with Crippen molar-refractivity contribution in [2.75, 3.05) is 0 Å². The molecule has 4 heteroatoms. The summed E-state index contributed by atoms with van der Waals surface area (Å²) < 4.78 is 0. The van der Waals surface area contributed by atoms with Crippen LogP contribution in [0.3, 0.4) is 0 Å². The lowest BCUT2D eigenvalue weighted by molar-refractivity contribution is 0.110. The molecule has 10 heavy (non-hydrogen) atoms. The highest BCUT2D eigenvalue weighted by Crippen LogP contribution is 1.87. The van der Waals surface area contributed by atoms with E-state index >= 15 is 0 Å². The Balaban J connectivity index is 3.00. The van der Waals surface area contributed by atoms with E-state index < -0.39 is 0 Å². The van der Waals surface area contributed by atoms with Gasteiger partial charge in [-0.2, -0.15) is 0 Å². The van der Waals surface area contributed by atoms with Gasteiger partial charge in [0.1, 0.15) is 11.4 Å². The first-order valence-electron chi connectivity index (χ1n) is 2.59. The van der Waals surface area contributed by atoms with Crippen molar-refractivity contribution in [3.63, 3.8) is 0 Å². The Morgan fingerprint density at radius 2 is 1.40 bits per heavy atom. The van der Waals surface area contributed by atoms with Gasteiger partial charge in [0.2, 0.25) is 0 Å². The fraction of sp³-hybridized carbons (Fsp3) is 0. The summed E-state index contributed by atoms with van der Waals surface area (Å²) in [6.45, 7) is 0. The second-order valence-electron chi connectivity index (χ2n) is 1.60. The molecule has 0 amide bonds. The Labute approximate surface area is 56.9 Å². The van der Waals surface area contributed by atoms with Gasteiger partial charge in [0.05, 0.1) is 12.4 Å². The maximum Gasteiger partial charge on any atom is 0.170 e. The summed E-state index contributed by atoms with van der Waals surface area (Å²) in [4.78, 5) is 27.2. The summed E-state index contributed by atoms with van der Waals surface area (Å²) in [6, 6.07) is 0. The molecule has 0 aromatic carbocycles. The summed E-state index contributed by atoms with van der Waals surface area (Å²) in [6.07, 6.45) is 3.64. The predicted molar refractivity (Wildman–Crippen MR) is 32.8 cm³/mol. The van der Waals surface area contributed by atoms with Gasteiger partial charge in [-0.05, 0) is 0 Å². The third-order valence-corrected chi connectivity index (χ3v) is 0.933. The zero-order valence-electron chi connectivity index (χ0n) is 5.02. The molecule has 0 aliphatic carbocycles. The normalized spacial score (nSPS) is 8.80. The standard InChI is InChI=1S/C6H4N2O2/c9-3-5-1-7-6(4-10)2-8-5/h1-4H. The van der Waals surface area contributed by atoms with E-state index in [2.05, 4.69) is 9.97 Å². The van der Waals surface area contributed by atoms with Crippen LogP contribution in [0.4, 0.5) is 0 Å². The van der Waals surface area contributed by atoms with Crippen LogP contribution in [0, 0.1) is 0 Å². The molecule has 0 radical (unpaired) electrons. The maximum absolute atomic E-state index is 10.0. The van der Waals surface area contributed by atoms with Crippen molar-refractivity contribution in [1.29, 1.82) is 0 Å². The number of carbonyl (C=O) groups excluding carboxylic acids is 2. The van der Waals surface area contributed by atoms with Gasteiger partial charge in [-0.15, -0.1) is 0 Å². The number of aldehydes is 2. The first kappa shape index (κ1) is 6.54. The highest BCUT2D eigenvalue weighted by atomic mass is 16.1. The lowest BCUT2D eigenvalue weighted by atomic mass is 10.4. The number of hydrogen-bond donors (Lipinski definition) is 0. The molecule has 0 spiro atoms. The lowest BCUT2D eigenvalue weighted by Crippen LogP contribution is -1.92. The van der Waals surface area contributed by atoms with Crippen molar-refractivity contribution in [3.05, 3.63) is 23.8 Å². The number of rotatable bonds is 2. The third-order valence-electron chi connectivity index (χ3n) is 0.933. The van der Waals surface area contributed by atoms with Crippen molar-refractivity contribution >= 4 is 12.6 Å². The molecular weight excluding hydrogens is 132 g/mol. The predicted octanol–water partition coefficient (Wildman–Crippen LogP) is 0.102. The smallest absolute Gasteiger partial charge is 0.170 e. The molecule has 1 aromatic rings. The van der Waals surface area contributed by atoms with Gasteiger partial charge in [-0.3, -0.25) is 9.59 Å². The summed E-state index contributed by atoms with van der Waals surface area (Å²) in [5, 5.41) is 0. The molecule has 1 rings (SSSR count). The fourth-order valence-corrected chi connectivity index (χ4v) is 0.470. The van der Waals surface area contributed by atoms with Crippen molar-refractivity contribution in [3.8, 4) is 0 Å².